The lowest BCUT2D eigenvalue weighted by Gasteiger charge is -1.86. The smallest absolute Gasteiger partial charge is 0.0928 e. The number of halogens is 1. The lowest BCUT2D eigenvalue weighted by molar-refractivity contribution is 0.629. The topological polar surface area (TPSA) is 0 Å². The van der Waals surface area contributed by atoms with Crippen LogP contribution in [0, 0.1) is 0 Å². The Balaban J connectivity index is 3.03. The van der Waals surface area contributed by atoms with Gasteiger partial charge in [0.25, 0.3) is 0 Å². The summed E-state index contributed by atoms with van der Waals surface area (Å²) in [5.74, 6) is -0.0570. The Bertz CT molecular complexity index is 70.5. The van der Waals surface area contributed by atoms with Crippen LogP contribution in [0.25, 0.3) is 0 Å². The molecular weight excluding hydrogens is 103 g/mol. The lowest BCUT2D eigenvalue weighted by atomic mass is 10.2. The average Bonchev–Trinajstić information content (AvgIpc) is 1.66. The third kappa shape index (κ3) is 5.67. The van der Waals surface area contributed by atoms with Crippen LogP contribution < -0.4 is 0 Å². The van der Waals surface area contributed by atoms with Gasteiger partial charge in [-0.2, -0.15) is 0 Å². The van der Waals surface area contributed by atoms with Crippen molar-refractivity contribution in [2.45, 2.75) is 33.1 Å². The molecule has 0 saturated heterocycles. The first-order valence-electron chi connectivity index (χ1n) is 3.09. The molecule has 0 aromatic rings. The van der Waals surface area contributed by atoms with Crippen LogP contribution in [-0.2, 0) is 0 Å². The van der Waals surface area contributed by atoms with Crippen LogP contribution >= 0.6 is 0 Å². The highest BCUT2D eigenvalue weighted by molar-refractivity contribution is 4.85. The highest BCUT2D eigenvalue weighted by Crippen LogP contribution is 2.00. The summed E-state index contributed by atoms with van der Waals surface area (Å²) in [6, 6.07) is 0. The Morgan fingerprint density at radius 1 is 1.62 bits per heavy atom. The minimum absolute atomic E-state index is 0.0570. The standard InChI is InChI=1S/C7H13F/c1-3-4-5-6-7(2)8/h6H,3-5H2,1-2H3. The molecule has 1 heteroatoms. The third-order valence-corrected chi connectivity index (χ3v) is 0.983. The van der Waals surface area contributed by atoms with Gasteiger partial charge < -0.3 is 0 Å². The first-order valence-corrected chi connectivity index (χ1v) is 3.09. The van der Waals surface area contributed by atoms with Gasteiger partial charge in [0.2, 0.25) is 0 Å². The van der Waals surface area contributed by atoms with Crippen molar-refractivity contribution in [2.75, 3.05) is 0 Å². The highest BCUT2D eigenvalue weighted by atomic mass is 19.1. The minimum Gasteiger partial charge on any atom is -0.212 e. The largest absolute Gasteiger partial charge is 0.212 e. The zero-order valence-electron chi connectivity index (χ0n) is 5.58. The van der Waals surface area contributed by atoms with E-state index in [-0.39, 0.29) is 5.83 Å². The predicted molar refractivity (Wildman–Crippen MR) is 34.4 cm³/mol. The van der Waals surface area contributed by atoms with Gasteiger partial charge in [-0.1, -0.05) is 19.4 Å². The molecule has 0 radical (unpaired) electrons. The molecular formula is C7H13F. The molecule has 0 atom stereocenters. The fraction of sp³-hybridized carbons (Fsp3) is 0.714. The van der Waals surface area contributed by atoms with Crippen molar-refractivity contribution in [2.24, 2.45) is 0 Å². The fourth-order valence-electron chi connectivity index (χ4n) is 0.505. The number of unbranched alkanes of at least 4 members (excludes halogenated alkanes) is 2. The molecule has 48 valence electrons. The lowest BCUT2D eigenvalue weighted by Crippen LogP contribution is -1.67. The van der Waals surface area contributed by atoms with Crippen molar-refractivity contribution in [1.29, 1.82) is 0 Å². The van der Waals surface area contributed by atoms with E-state index in [2.05, 4.69) is 6.92 Å². The summed E-state index contributed by atoms with van der Waals surface area (Å²) in [6.45, 7) is 3.58. The maximum absolute atomic E-state index is 11.9. The number of hydrogen-bond donors (Lipinski definition) is 0. The molecule has 0 N–H and O–H groups in total. The maximum atomic E-state index is 11.9. The normalized spacial score (nSPS) is 12.1. The van der Waals surface area contributed by atoms with Gasteiger partial charge in [-0.25, -0.2) is 4.39 Å². The van der Waals surface area contributed by atoms with Crippen LogP contribution in [0.3, 0.4) is 0 Å². The Hall–Kier alpha value is -0.330. The fourth-order valence-corrected chi connectivity index (χ4v) is 0.505. The molecule has 0 aromatic carbocycles. The van der Waals surface area contributed by atoms with Crippen molar-refractivity contribution in [1.82, 2.24) is 0 Å². The van der Waals surface area contributed by atoms with E-state index in [1.54, 1.807) is 6.08 Å². The van der Waals surface area contributed by atoms with Crippen LogP contribution in [-0.4, -0.2) is 0 Å². The third-order valence-electron chi connectivity index (χ3n) is 0.983. The Kier molecular flexibility index (Phi) is 4.62. The second-order valence-corrected chi connectivity index (χ2v) is 1.93. The Morgan fingerprint density at radius 3 is 2.62 bits per heavy atom. The molecule has 0 spiro atoms. The van der Waals surface area contributed by atoms with Crippen molar-refractivity contribution in [3.05, 3.63) is 11.9 Å². The summed E-state index contributed by atoms with van der Waals surface area (Å²) in [4.78, 5) is 0. The van der Waals surface area contributed by atoms with Gasteiger partial charge in [-0.3, -0.25) is 0 Å². The van der Waals surface area contributed by atoms with Crippen molar-refractivity contribution < 1.29 is 4.39 Å². The van der Waals surface area contributed by atoms with Gasteiger partial charge >= 0.3 is 0 Å². The Morgan fingerprint density at radius 2 is 2.25 bits per heavy atom. The van der Waals surface area contributed by atoms with Crippen LogP contribution in [0.1, 0.15) is 33.1 Å². The molecule has 0 unspecified atom stereocenters. The highest BCUT2D eigenvalue weighted by Gasteiger charge is 1.80. The zero-order valence-corrected chi connectivity index (χ0v) is 5.58. The predicted octanol–water partition coefficient (Wildman–Crippen LogP) is 3.05. The molecule has 0 aliphatic rings. The molecule has 0 heterocycles. The zero-order chi connectivity index (χ0) is 6.41. The van der Waals surface area contributed by atoms with E-state index < -0.39 is 0 Å². The summed E-state index contributed by atoms with van der Waals surface area (Å²) in [5.41, 5.74) is 0. The number of rotatable bonds is 3. The monoisotopic (exact) mass is 116 g/mol. The summed E-state index contributed by atoms with van der Waals surface area (Å²) < 4.78 is 11.9. The van der Waals surface area contributed by atoms with Crippen molar-refractivity contribution in [3.63, 3.8) is 0 Å². The van der Waals surface area contributed by atoms with E-state index >= 15 is 0 Å². The van der Waals surface area contributed by atoms with Gasteiger partial charge in [0.15, 0.2) is 0 Å². The summed E-state index contributed by atoms with van der Waals surface area (Å²) >= 11 is 0. The number of allylic oxidation sites excluding steroid dienone is 2. The van der Waals surface area contributed by atoms with Crippen LogP contribution in [0.5, 0.6) is 0 Å². The summed E-state index contributed by atoms with van der Waals surface area (Å²) in [6.07, 6.45) is 4.76. The molecule has 0 aromatic heterocycles. The maximum Gasteiger partial charge on any atom is 0.0928 e. The van der Waals surface area contributed by atoms with Gasteiger partial charge in [0.05, 0.1) is 5.83 Å². The second-order valence-electron chi connectivity index (χ2n) is 1.93. The summed E-state index contributed by atoms with van der Waals surface area (Å²) in [7, 11) is 0. The van der Waals surface area contributed by atoms with Crippen molar-refractivity contribution >= 4 is 0 Å². The second kappa shape index (κ2) is 4.82. The molecule has 0 bridgehead atoms. The summed E-state index contributed by atoms with van der Waals surface area (Å²) in [5, 5.41) is 0. The molecule has 0 aliphatic carbocycles. The van der Waals surface area contributed by atoms with Gasteiger partial charge in [0.1, 0.15) is 0 Å². The molecule has 0 rings (SSSR count). The first kappa shape index (κ1) is 7.67. The van der Waals surface area contributed by atoms with E-state index in [0.29, 0.717) is 0 Å². The van der Waals surface area contributed by atoms with Crippen LogP contribution in [0.15, 0.2) is 11.9 Å². The SMILES string of the molecule is CCCCC=C(C)F. The molecule has 0 saturated carbocycles. The first-order chi connectivity index (χ1) is 3.77. The molecule has 0 fully saturated rings. The van der Waals surface area contributed by atoms with E-state index in [9.17, 15) is 4.39 Å². The van der Waals surface area contributed by atoms with Gasteiger partial charge in [0, 0.05) is 0 Å². The molecule has 0 amide bonds. The van der Waals surface area contributed by atoms with Crippen LogP contribution in [0.4, 0.5) is 4.39 Å². The Labute approximate surface area is 50.4 Å². The van der Waals surface area contributed by atoms with E-state index in [1.807, 2.05) is 0 Å². The van der Waals surface area contributed by atoms with E-state index in [0.717, 1.165) is 19.3 Å². The average molecular weight is 116 g/mol. The minimum atomic E-state index is -0.0570. The van der Waals surface area contributed by atoms with Gasteiger partial charge in [-0.15, -0.1) is 0 Å². The quantitative estimate of drug-likeness (QED) is 0.497. The van der Waals surface area contributed by atoms with E-state index in [4.69, 9.17) is 0 Å². The van der Waals surface area contributed by atoms with Crippen molar-refractivity contribution in [3.8, 4) is 0 Å². The van der Waals surface area contributed by atoms with E-state index in [1.165, 1.54) is 6.92 Å². The molecule has 0 nitrogen and oxygen atoms in total. The molecule has 8 heavy (non-hydrogen) atoms. The van der Waals surface area contributed by atoms with Crippen LogP contribution in [0.2, 0.25) is 0 Å². The number of hydrogen-bond acceptors (Lipinski definition) is 0. The van der Waals surface area contributed by atoms with Gasteiger partial charge in [-0.05, 0) is 19.8 Å². The molecule has 0 aliphatic heterocycles.